The number of Topliss-reactive ketones (excluding diaryl/α,β-unsaturated/α-hetero) is 1. The van der Waals surface area contributed by atoms with E-state index in [0.29, 0.717) is 31.0 Å². The van der Waals surface area contributed by atoms with Gasteiger partial charge < -0.3 is 10.2 Å². The number of aliphatic hydroxyl groups is 2. The minimum atomic E-state index is -0.849. The predicted molar refractivity (Wildman–Crippen MR) is 71.1 cm³/mol. The summed E-state index contributed by atoms with van der Waals surface area (Å²) >= 11 is 0. The van der Waals surface area contributed by atoms with Crippen molar-refractivity contribution in [2.45, 2.75) is 63.1 Å². The maximum Gasteiger partial charge on any atom is 0.133 e. The average molecular weight is 262 g/mol. The van der Waals surface area contributed by atoms with Crippen molar-refractivity contribution in [3.8, 4) is 11.8 Å². The van der Waals surface area contributed by atoms with Crippen LogP contribution in [0.5, 0.6) is 0 Å². The molecular formula is C16H22O3. The summed E-state index contributed by atoms with van der Waals surface area (Å²) < 4.78 is 0. The van der Waals surface area contributed by atoms with Crippen LogP contribution in [0.3, 0.4) is 0 Å². The van der Waals surface area contributed by atoms with Gasteiger partial charge in [-0.15, -0.1) is 0 Å². The van der Waals surface area contributed by atoms with Crippen LogP contribution in [0.1, 0.15) is 51.4 Å². The van der Waals surface area contributed by atoms with E-state index in [1.54, 1.807) is 0 Å². The molecule has 104 valence electrons. The molecule has 3 nitrogen and oxygen atoms in total. The predicted octanol–water partition coefficient (Wildman–Crippen LogP) is 1.66. The first kappa shape index (κ1) is 13.1. The van der Waals surface area contributed by atoms with Gasteiger partial charge in [0.05, 0.1) is 6.10 Å². The molecule has 3 heteroatoms. The lowest BCUT2D eigenvalue weighted by Crippen LogP contribution is -2.30. The van der Waals surface area contributed by atoms with E-state index >= 15 is 0 Å². The second kappa shape index (κ2) is 4.92. The Morgan fingerprint density at radius 1 is 1.16 bits per heavy atom. The number of carbonyl (C=O) groups is 1. The van der Waals surface area contributed by atoms with Crippen LogP contribution in [0.15, 0.2) is 0 Å². The molecule has 3 rings (SSSR count). The summed E-state index contributed by atoms with van der Waals surface area (Å²) in [6.45, 7) is 0. The monoisotopic (exact) mass is 262 g/mol. The number of aliphatic hydroxyl groups excluding tert-OH is 1. The summed E-state index contributed by atoms with van der Waals surface area (Å²) in [5.41, 5.74) is -0.849. The fourth-order valence-electron chi connectivity index (χ4n) is 4.06. The van der Waals surface area contributed by atoms with Crippen LogP contribution in [0.4, 0.5) is 0 Å². The molecule has 0 radical (unpaired) electrons. The Morgan fingerprint density at radius 2 is 1.89 bits per heavy atom. The van der Waals surface area contributed by atoms with E-state index in [2.05, 4.69) is 11.8 Å². The zero-order valence-electron chi connectivity index (χ0n) is 11.3. The molecule has 0 aromatic heterocycles. The van der Waals surface area contributed by atoms with Crippen molar-refractivity contribution in [1.29, 1.82) is 0 Å². The Kier molecular flexibility index (Phi) is 3.41. The second-order valence-corrected chi connectivity index (χ2v) is 6.56. The van der Waals surface area contributed by atoms with E-state index in [-0.39, 0.29) is 11.8 Å². The van der Waals surface area contributed by atoms with Gasteiger partial charge in [-0.1, -0.05) is 18.3 Å². The minimum absolute atomic E-state index is 0.109. The molecule has 0 amide bonds. The Morgan fingerprint density at radius 3 is 2.63 bits per heavy atom. The summed E-state index contributed by atoms with van der Waals surface area (Å²) in [6.07, 6.45) is 6.20. The third-order valence-corrected chi connectivity index (χ3v) is 5.13. The molecule has 0 aromatic rings. The van der Waals surface area contributed by atoms with Crippen LogP contribution in [0, 0.1) is 29.6 Å². The van der Waals surface area contributed by atoms with Gasteiger partial charge in [-0.25, -0.2) is 0 Å². The Balaban J connectivity index is 1.73. The summed E-state index contributed by atoms with van der Waals surface area (Å²) in [5, 5.41) is 20.5. The normalized spacial score (nSPS) is 40.6. The molecule has 3 saturated carbocycles. The lowest BCUT2D eigenvalue weighted by atomic mass is 9.84. The number of hydrogen-bond acceptors (Lipinski definition) is 3. The van der Waals surface area contributed by atoms with Gasteiger partial charge in [0, 0.05) is 18.8 Å². The molecule has 2 N–H and O–H groups in total. The van der Waals surface area contributed by atoms with Crippen LogP contribution in [0.25, 0.3) is 0 Å². The minimum Gasteiger partial charge on any atom is -0.392 e. The van der Waals surface area contributed by atoms with E-state index in [1.807, 2.05) is 0 Å². The zero-order valence-corrected chi connectivity index (χ0v) is 11.3. The van der Waals surface area contributed by atoms with Gasteiger partial charge in [0.2, 0.25) is 0 Å². The third kappa shape index (κ3) is 2.57. The molecule has 19 heavy (non-hydrogen) atoms. The van der Waals surface area contributed by atoms with E-state index < -0.39 is 11.7 Å². The highest BCUT2D eigenvalue weighted by molar-refractivity contribution is 5.81. The van der Waals surface area contributed by atoms with E-state index in [9.17, 15) is 15.0 Å². The summed E-state index contributed by atoms with van der Waals surface area (Å²) in [4.78, 5) is 11.5. The van der Waals surface area contributed by atoms with Crippen molar-refractivity contribution < 1.29 is 15.0 Å². The summed E-state index contributed by atoms with van der Waals surface area (Å²) in [5.74, 6) is 6.91. The van der Waals surface area contributed by atoms with E-state index in [4.69, 9.17) is 0 Å². The second-order valence-electron chi connectivity index (χ2n) is 6.56. The molecule has 3 aliphatic carbocycles. The highest BCUT2D eigenvalue weighted by Crippen LogP contribution is 2.46. The van der Waals surface area contributed by atoms with Crippen molar-refractivity contribution in [2.24, 2.45) is 17.8 Å². The third-order valence-electron chi connectivity index (χ3n) is 5.13. The van der Waals surface area contributed by atoms with E-state index in [1.165, 1.54) is 6.42 Å². The van der Waals surface area contributed by atoms with Gasteiger partial charge in [0.15, 0.2) is 0 Å². The molecule has 4 atom stereocenters. The summed E-state index contributed by atoms with van der Waals surface area (Å²) in [6, 6.07) is 0. The lowest BCUT2D eigenvalue weighted by Gasteiger charge is -2.27. The van der Waals surface area contributed by atoms with Gasteiger partial charge >= 0.3 is 0 Å². The average Bonchev–Trinajstić information content (AvgIpc) is 2.83. The maximum absolute atomic E-state index is 11.5. The topological polar surface area (TPSA) is 57.5 Å². The number of fused-ring (bicyclic) bond motifs is 1. The van der Waals surface area contributed by atoms with Gasteiger partial charge in [-0.3, -0.25) is 4.79 Å². The fourth-order valence-corrected chi connectivity index (χ4v) is 4.06. The number of hydrogen-bond donors (Lipinski definition) is 2. The van der Waals surface area contributed by atoms with Crippen LogP contribution >= 0.6 is 0 Å². The lowest BCUT2D eigenvalue weighted by molar-refractivity contribution is -0.118. The van der Waals surface area contributed by atoms with Crippen molar-refractivity contribution in [3.05, 3.63) is 0 Å². The van der Waals surface area contributed by atoms with Crippen LogP contribution < -0.4 is 0 Å². The van der Waals surface area contributed by atoms with Crippen LogP contribution in [-0.4, -0.2) is 27.7 Å². The van der Waals surface area contributed by atoms with Crippen LogP contribution in [0.2, 0.25) is 0 Å². The molecule has 0 aromatic carbocycles. The molecule has 0 spiro atoms. The molecule has 0 unspecified atom stereocenters. The quantitative estimate of drug-likeness (QED) is 0.653. The van der Waals surface area contributed by atoms with E-state index in [0.717, 1.165) is 25.7 Å². The summed E-state index contributed by atoms with van der Waals surface area (Å²) in [7, 11) is 0. The van der Waals surface area contributed by atoms with Gasteiger partial charge in [-0.05, 0) is 43.9 Å². The first-order chi connectivity index (χ1) is 9.07. The molecule has 0 aliphatic heterocycles. The molecule has 0 saturated heterocycles. The fraction of sp³-hybridized carbons (Fsp3) is 0.812. The number of rotatable bonds is 0. The van der Waals surface area contributed by atoms with Crippen molar-refractivity contribution in [2.75, 3.05) is 0 Å². The molecule has 3 fully saturated rings. The molecule has 0 heterocycles. The van der Waals surface area contributed by atoms with Crippen molar-refractivity contribution in [1.82, 2.24) is 0 Å². The number of ketones is 1. The van der Waals surface area contributed by atoms with Crippen molar-refractivity contribution in [3.63, 3.8) is 0 Å². The van der Waals surface area contributed by atoms with Gasteiger partial charge in [0.1, 0.15) is 11.4 Å². The molecule has 3 aliphatic rings. The Labute approximate surface area is 114 Å². The first-order valence-corrected chi connectivity index (χ1v) is 7.52. The SMILES string of the molecule is O=C1C[C@H]2C[C@@H](O)[C@H](C#CC3(O)CCCCC3)[C@H]2C1. The van der Waals surface area contributed by atoms with Gasteiger partial charge in [-0.2, -0.15) is 0 Å². The Hall–Kier alpha value is -0.850. The largest absolute Gasteiger partial charge is 0.392 e. The first-order valence-electron chi connectivity index (χ1n) is 7.52. The highest BCUT2D eigenvalue weighted by atomic mass is 16.3. The Bertz CT molecular complexity index is 425. The smallest absolute Gasteiger partial charge is 0.133 e. The van der Waals surface area contributed by atoms with Crippen molar-refractivity contribution >= 4 is 5.78 Å². The molecule has 0 bridgehead atoms. The standard InChI is InChI=1S/C16H22O3/c17-12-8-11-9-15(18)13(14(11)10-12)4-7-16(19)5-2-1-3-6-16/h11,13-15,18-19H,1-3,5-6,8-10H2/t11-,13+,14-,15+/m0/s1. The number of carbonyl (C=O) groups excluding carboxylic acids is 1. The maximum atomic E-state index is 11.5. The zero-order chi connectivity index (χ0) is 13.5. The highest BCUT2D eigenvalue weighted by Gasteiger charge is 2.47. The molecular weight excluding hydrogens is 240 g/mol. The van der Waals surface area contributed by atoms with Crippen LogP contribution in [-0.2, 0) is 4.79 Å². The van der Waals surface area contributed by atoms with Gasteiger partial charge in [0.25, 0.3) is 0 Å².